The van der Waals surface area contributed by atoms with Crippen LogP contribution in [0.1, 0.15) is 31.2 Å². The Labute approximate surface area is 122 Å². The molecule has 0 radical (unpaired) electrons. The molecular weight excluding hydrogens is 273 g/mol. The normalized spacial score (nSPS) is 23.7. The van der Waals surface area contributed by atoms with E-state index in [1.807, 2.05) is 0 Å². The lowest BCUT2D eigenvalue weighted by Crippen LogP contribution is -2.50. The van der Waals surface area contributed by atoms with Gasteiger partial charge in [-0.1, -0.05) is 18.6 Å². The Morgan fingerprint density at radius 2 is 2.10 bits per heavy atom. The quantitative estimate of drug-likeness (QED) is 0.928. The van der Waals surface area contributed by atoms with E-state index < -0.39 is 17.3 Å². The first-order valence-corrected chi connectivity index (χ1v) is 7.31. The van der Waals surface area contributed by atoms with Gasteiger partial charge >= 0.3 is 5.97 Å². The van der Waals surface area contributed by atoms with Crippen LogP contribution >= 0.6 is 0 Å². The zero-order valence-corrected chi connectivity index (χ0v) is 11.7. The molecule has 1 atom stereocenters. The van der Waals surface area contributed by atoms with E-state index in [2.05, 4.69) is 0 Å². The Morgan fingerprint density at radius 3 is 2.62 bits per heavy atom. The number of benzene rings is 1. The molecule has 1 aliphatic carbocycles. The molecule has 0 bridgehead atoms. The molecular formula is C16H18FNO3. The monoisotopic (exact) mass is 291 g/mol. The lowest BCUT2D eigenvalue weighted by Gasteiger charge is -2.43. The zero-order valence-electron chi connectivity index (χ0n) is 11.7. The van der Waals surface area contributed by atoms with Crippen LogP contribution in [0.4, 0.5) is 4.39 Å². The number of rotatable bonds is 3. The molecule has 1 N–H and O–H groups in total. The molecule has 1 saturated carbocycles. The second-order valence-corrected chi connectivity index (χ2v) is 6.02. The Balaban J connectivity index is 1.83. The van der Waals surface area contributed by atoms with Gasteiger partial charge in [-0.3, -0.25) is 9.59 Å². The lowest BCUT2D eigenvalue weighted by molar-refractivity contribution is -0.142. The van der Waals surface area contributed by atoms with E-state index in [0.717, 1.165) is 12.0 Å². The van der Waals surface area contributed by atoms with Gasteiger partial charge in [0.15, 0.2) is 0 Å². The Hall–Kier alpha value is -1.91. The van der Waals surface area contributed by atoms with Crippen LogP contribution in [0.2, 0.25) is 0 Å². The van der Waals surface area contributed by atoms with Crippen molar-refractivity contribution in [1.82, 2.24) is 4.90 Å². The maximum absolute atomic E-state index is 13.5. The Kier molecular flexibility index (Phi) is 3.43. The highest BCUT2D eigenvalue weighted by molar-refractivity contribution is 5.90. The van der Waals surface area contributed by atoms with Crippen molar-refractivity contribution < 1.29 is 19.1 Å². The van der Waals surface area contributed by atoms with Crippen molar-refractivity contribution in [2.45, 2.75) is 31.1 Å². The van der Waals surface area contributed by atoms with Crippen LogP contribution in [0, 0.1) is 11.7 Å². The van der Waals surface area contributed by atoms with Gasteiger partial charge in [0.2, 0.25) is 5.91 Å². The number of carboxylic acid groups (broad SMARTS) is 1. The molecule has 3 rings (SSSR count). The molecule has 0 aromatic heterocycles. The lowest BCUT2D eigenvalue weighted by atomic mass is 9.63. The highest BCUT2D eigenvalue weighted by Crippen LogP contribution is 2.46. The summed E-state index contributed by atoms with van der Waals surface area (Å²) in [5, 5.41) is 9.05. The van der Waals surface area contributed by atoms with Crippen molar-refractivity contribution in [1.29, 1.82) is 0 Å². The minimum absolute atomic E-state index is 0.0388. The molecule has 2 fully saturated rings. The first-order chi connectivity index (χ1) is 10.0. The first-order valence-electron chi connectivity index (χ1n) is 7.31. The summed E-state index contributed by atoms with van der Waals surface area (Å²) in [4.78, 5) is 25.5. The summed E-state index contributed by atoms with van der Waals surface area (Å²) < 4.78 is 13.5. The number of likely N-dealkylation sites (tertiary alicyclic amines) is 1. The summed E-state index contributed by atoms with van der Waals surface area (Å²) >= 11 is 0. The number of amides is 1. The second-order valence-electron chi connectivity index (χ2n) is 6.02. The van der Waals surface area contributed by atoms with Gasteiger partial charge in [-0.25, -0.2) is 4.39 Å². The maximum atomic E-state index is 13.5. The molecule has 2 aliphatic rings. The standard InChI is InChI=1S/C16H18FNO3/c17-13-4-1-3-12(9-13)16(6-2-7-16)15(21)18-8-5-11(10-18)14(19)20/h1,3-4,9,11H,2,5-8,10H2,(H,19,20)/t11-/m0/s1. The number of nitrogens with zero attached hydrogens (tertiary/aromatic N) is 1. The molecule has 1 aromatic rings. The van der Waals surface area contributed by atoms with Gasteiger partial charge in [0, 0.05) is 13.1 Å². The van der Waals surface area contributed by atoms with Gasteiger partial charge in [-0.2, -0.15) is 0 Å². The van der Waals surface area contributed by atoms with Crippen molar-refractivity contribution in [3.05, 3.63) is 35.6 Å². The smallest absolute Gasteiger partial charge is 0.308 e. The van der Waals surface area contributed by atoms with E-state index in [4.69, 9.17) is 5.11 Å². The molecule has 0 unspecified atom stereocenters. The molecule has 1 saturated heterocycles. The average Bonchev–Trinajstić information content (AvgIpc) is 2.87. The number of carbonyl (C=O) groups excluding carboxylic acids is 1. The molecule has 112 valence electrons. The van der Waals surface area contributed by atoms with Gasteiger partial charge in [0.1, 0.15) is 5.82 Å². The van der Waals surface area contributed by atoms with Crippen LogP contribution in [0.15, 0.2) is 24.3 Å². The third-order valence-corrected chi connectivity index (χ3v) is 4.82. The largest absolute Gasteiger partial charge is 0.481 e. The topological polar surface area (TPSA) is 57.6 Å². The van der Waals surface area contributed by atoms with Crippen molar-refractivity contribution in [3.8, 4) is 0 Å². The fourth-order valence-corrected chi connectivity index (χ4v) is 3.39. The van der Waals surface area contributed by atoms with E-state index in [9.17, 15) is 14.0 Å². The maximum Gasteiger partial charge on any atom is 0.308 e. The zero-order chi connectivity index (χ0) is 15.0. The predicted octanol–water partition coefficient (Wildman–Crippen LogP) is 2.18. The number of halogens is 1. The minimum atomic E-state index is -0.848. The predicted molar refractivity (Wildman–Crippen MR) is 74.3 cm³/mol. The highest BCUT2D eigenvalue weighted by Gasteiger charge is 2.49. The van der Waals surface area contributed by atoms with E-state index in [0.29, 0.717) is 25.8 Å². The molecule has 1 amide bonds. The highest BCUT2D eigenvalue weighted by atomic mass is 19.1. The molecule has 1 aliphatic heterocycles. The van der Waals surface area contributed by atoms with E-state index >= 15 is 0 Å². The first kappa shape index (κ1) is 14.0. The summed E-state index contributed by atoms with van der Waals surface area (Å²) in [7, 11) is 0. The summed E-state index contributed by atoms with van der Waals surface area (Å²) in [6, 6.07) is 6.23. The van der Waals surface area contributed by atoms with Crippen LogP contribution in [-0.2, 0) is 15.0 Å². The third-order valence-electron chi connectivity index (χ3n) is 4.82. The van der Waals surface area contributed by atoms with E-state index in [1.54, 1.807) is 17.0 Å². The van der Waals surface area contributed by atoms with Crippen LogP contribution in [0.25, 0.3) is 0 Å². The number of hydrogen-bond acceptors (Lipinski definition) is 2. The fraction of sp³-hybridized carbons (Fsp3) is 0.500. The van der Waals surface area contributed by atoms with Crippen molar-refractivity contribution in [3.63, 3.8) is 0 Å². The summed E-state index contributed by atoms with van der Waals surface area (Å²) in [6.07, 6.45) is 2.87. The summed E-state index contributed by atoms with van der Waals surface area (Å²) in [5.74, 6) is -1.70. The SMILES string of the molecule is O=C(O)[C@H]1CCN(C(=O)C2(c3cccc(F)c3)CCC2)C1. The Bertz CT molecular complexity index is 583. The number of hydrogen-bond donors (Lipinski definition) is 1. The molecule has 5 heteroatoms. The molecule has 1 heterocycles. The summed E-state index contributed by atoms with van der Waals surface area (Å²) in [5.41, 5.74) is 0.0766. The van der Waals surface area contributed by atoms with Crippen LogP contribution in [0.5, 0.6) is 0 Å². The van der Waals surface area contributed by atoms with Gasteiger partial charge in [0.25, 0.3) is 0 Å². The number of carbonyl (C=O) groups is 2. The van der Waals surface area contributed by atoms with Crippen LogP contribution in [-0.4, -0.2) is 35.0 Å². The fourth-order valence-electron chi connectivity index (χ4n) is 3.39. The van der Waals surface area contributed by atoms with Gasteiger partial charge in [-0.05, 0) is 37.0 Å². The molecule has 0 spiro atoms. The second kappa shape index (κ2) is 5.13. The summed E-state index contributed by atoms with van der Waals surface area (Å²) in [6.45, 7) is 0.748. The Morgan fingerprint density at radius 1 is 1.33 bits per heavy atom. The van der Waals surface area contributed by atoms with Crippen molar-refractivity contribution >= 4 is 11.9 Å². The van der Waals surface area contributed by atoms with E-state index in [-0.39, 0.29) is 18.3 Å². The van der Waals surface area contributed by atoms with E-state index in [1.165, 1.54) is 12.1 Å². The van der Waals surface area contributed by atoms with Crippen molar-refractivity contribution in [2.24, 2.45) is 5.92 Å². The molecule has 1 aromatic carbocycles. The molecule has 4 nitrogen and oxygen atoms in total. The number of aliphatic carboxylic acids is 1. The number of carboxylic acids is 1. The van der Waals surface area contributed by atoms with Gasteiger partial charge in [-0.15, -0.1) is 0 Å². The minimum Gasteiger partial charge on any atom is -0.481 e. The van der Waals surface area contributed by atoms with Gasteiger partial charge in [0.05, 0.1) is 11.3 Å². The van der Waals surface area contributed by atoms with Crippen LogP contribution in [0.3, 0.4) is 0 Å². The van der Waals surface area contributed by atoms with Crippen molar-refractivity contribution in [2.75, 3.05) is 13.1 Å². The van der Waals surface area contributed by atoms with Crippen LogP contribution < -0.4 is 0 Å². The molecule has 21 heavy (non-hydrogen) atoms. The third kappa shape index (κ3) is 2.30. The van der Waals surface area contributed by atoms with Gasteiger partial charge < -0.3 is 10.0 Å². The average molecular weight is 291 g/mol.